The minimum Gasteiger partial charge on any atom is -0.389 e. The summed E-state index contributed by atoms with van der Waals surface area (Å²) in [5.41, 5.74) is 5.38. The summed E-state index contributed by atoms with van der Waals surface area (Å²) in [4.78, 5) is 27.4. The topological polar surface area (TPSA) is 98.9 Å². The first kappa shape index (κ1) is 17.2. The number of β-amino-alcohol motifs (C(OH)–C–C–N with tert-alkyl or cyclic N) is 1. The maximum Gasteiger partial charge on any atom is 0.316 e. The van der Waals surface area contributed by atoms with Gasteiger partial charge in [0, 0.05) is 44.0 Å². The Hall–Kier alpha value is -2.12. The van der Waals surface area contributed by atoms with Gasteiger partial charge in [-0.1, -0.05) is 6.07 Å². The van der Waals surface area contributed by atoms with E-state index in [-0.39, 0.29) is 5.91 Å². The van der Waals surface area contributed by atoms with Crippen molar-refractivity contribution >= 4 is 17.6 Å². The van der Waals surface area contributed by atoms with Gasteiger partial charge in [-0.25, -0.2) is 4.79 Å². The van der Waals surface area contributed by atoms with Crippen molar-refractivity contribution in [3.8, 4) is 0 Å². The summed E-state index contributed by atoms with van der Waals surface area (Å²) in [6, 6.07) is 6.08. The van der Waals surface area contributed by atoms with Crippen LogP contribution in [0.4, 0.5) is 10.5 Å². The molecule has 1 aromatic rings. The van der Waals surface area contributed by atoms with Crippen molar-refractivity contribution in [2.75, 3.05) is 38.0 Å². The molecule has 126 valence electrons. The number of benzene rings is 1. The van der Waals surface area contributed by atoms with Crippen molar-refractivity contribution in [2.24, 2.45) is 5.73 Å². The molecule has 1 aliphatic rings. The Morgan fingerprint density at radius 1 is 1.26 bits per heavy atom. The predicted octanol–water partition coefficient (Wildman–Crippen LogP) is 0.706. The summed E-state index contributed by atoms with van der Waals surface area (Å²) in [5.74, 6) is -0.0685. The molecule has 3 amide bonds. The van der Waals surface area contributed by atoms with Crippen LogP contribution in [0.15, 0.2) is 24.3 Å². The Kier molecular flexibility index (Phi) is 5.23. The van der Waals surface area contributed by atoms with E-state index in [2.05, 4.69) is 10.2 Å². The molecule has 23 heavy (non-hydrogen) atoms. The fourth-order valence-electron chi connectivity index (χ4n) is 2.71. The first-order valence-corrected chi connectivity index (χ1v) is 7.65. The van der Waals surface area contributed by atoms with E-state index in [0.29, 0.717) is 30.9 Å². The molecule has 0 unspecified atom stereocenters. The summed E-state index contributed by atoms with van der Waals surface area (Å²) in [5, 5.41) is 12.3. The van der Waals surface area contributed by atoms with Crippen molar-refractivity contribution in [2.45, 2.75) is 19.4 Å². The van der Waals surface area contributed by atoms with Crippen LogP contribution in [0.25, 0.3) is 0 Å². The number of aliphatic hydroxyl groups is 1. The average molecular weight is 320 g/mol. The number of nitrogens with zero attached hydrogens (tertiary/aromatic N) is 2. The molecular formula is C16H24N4O3. The lowest BCUT2D eigenvalue weighted by Gasteiger charge is -2.37. The molecule has 0 radical (unpaired) electrons. The Labute approximate surface area is 136 Å². The highest BCUT2D eigenvalue weighted by Gasteiger charge is 2.25. The van der Waals surface area contributed by atoms with Crippen LogP contribution in [0.5, 0.6) is 0 Å². The second kappa shape index (κ2) is 6.97. The van der Waals surface area contributed by atoms with E-state index in [1.54, 1.807) is 43.0 Å². The van der Waals surface area contributed by atoms with Gasteiger partial charge in [-0.3, -0.25) is 9.69 Å². The molecule has 0 bridgehead atoms. The van der Waals surface area contributed by atoms with Crippen LogP contribution >= 0.6 is 0 Å². The Bertz CT molecular complexity index is 575. The van der Waals surface area contributed by atoms with Gasteiger partial charge in [0.25, 0.3) is 5.91 Å². The molecule has 1 aromatic carbocycles. The molecule has 1 heterocycles. The smallest absolute Gasteiger partial charge is 0.316 e. The third kappa shape index (κ3) is 5.22. The van der Waals surface area contributed by atoms with E-state index in [1.165, 1.54) is 0 Å². The maximum absolute atomic E-state index is 12.5. The standard InChI is InChI=1S/C16H24N4O3/c1-16(2,23)11-19-6-8-20(9-7-19)14(21)12-4-3-5-13(10-12)18-15(17)22/h3-5,10,23H,6-9,11H2,1-2H3,(H3,17,18,22). The molecular weight excluding hydrogens is 296 g/mol. The molecule has 0 atom stereocenters. The third-order valence-corrected chi connectivity index (χ3v) is 3.65. The molecule has 1 saturated heterocycles. The van der Waals surface area contributed by atoms with Crippen LogP contribution in [0, 0.1) is 0 Å². The summed E-state index contributed by atoms with van der Waals surface area (Å²) in [6.45, 7) is 6.84. The van der Waals surface area contributed by atoms with Crippen LogP contribution in [0.2, 0.25) is 0 Å². The fraction of sp³-hybridized carbons (Fsp3) is 0.500. The molecule has 0 saturated carbocycles. The van der Waals surface area contributed by atoms with Gasteiger partial charge in [-0.2, -0.15) is 0 Å². The molecule has 7 heteroatoms. The van der Waals surface area contributed by atoms with Gasteiger partial charge in [0.05, 0.1) is 5.60 Å². The third-order valence-electron chi connectivity index (χ3n) is 3.65. The quantitative estimate of drug-likeness (QED) is 0.760. The fourth-order valence-corrected chi connectivity index (χ4v) is 2.71. The van der Waals surface area contributed by atoms with Crippen LogP contribution in [-0.2, 0) is 0 Å². The number of nitrogens with one attached hydrogen (secondary N) is 1. The number of carbonyl (C=O) groups excluding carboxylic acids is 2. The molecule has 0 aliphatic carbocycles. The normalized spacial score (nSPS) is 16.2. The van der Waals surface area contributed by atoms with Gasteiger partial charge in [0.2, 0.25) is 0 Å². The van der Waals surface area contributed by atoms with E-state index >= 15 is 0 Å². The van der Waals surface area contributed by atoms with Crippen molar-refractivity contribution < 1.29 is 14.7 Å². The highest BCUT2D eigenvalue weighted by Crippen LogP contribution is 2.15. The largest absolute Gasteiger partial charge is 0.389 e. The van der Waals surface area contributed by atoms with E-state index in [0.717, 1.165) is 13.1 Å². The lowest BCUT2D eigenvalue weighted by molar-refractivity contribution is 0.0178. The number of amides is 3. The van der Waals surface area contributed by atoms with E-state index in [4.69, 9.17) is 5.73 Å². The highest BCUT2D eigenvalue weighted by molar-refractivity contribution is 5.96. The average Bonchev–Trinajstić information content (AvgIpc) is 2.45. The number of nitrogens with two attached hydrogens (primary N) is 1. The number of piperazine rings is 1. The van der Waals surface area contributed by atoms with E-state index in [1.807, 2.05) is 0 Å². The first-order valence-electron chi connectivity index (χ1n) is 7.65. The summed E-state index contributed by atoms with van der Waals surface area (Å²) in [6.07, 6.45) is 0. The van der Waals surface area contributed by atoms with Crippen LogP contribution in [0.1, 0.15) is 24.2 Å². The number of urea groups is 1. The van der Waals surface area contributed by atoms with Crippen LogP contribution in [-0.4, -0.2) is 65.2 Å². The lowest BCUT2D eigenvalue weighted by atomic mass is 10.1. The summed E-state index contributed by atoms with van der Waals surface area (Å²) in [7, 11) is 0. The number of hydrogen-bond acceptors (Lipinski definition) is 4. The SMILES string of the molecule is CC(C)(O)CN1CCN(C(=O)c2cccc(NC(N)=O)c2)CC1. The highest BCUT2D eigenvalue weighted by atomic mass is 16.3. The number of primary amides is 1. The van der Waals surface area contributed by atoms with Crippen LogP contribution in [0.3, 0.4) is 0 Å². The minimum absolute atomic E-state index is 0.0685. The molecule has 2 rings (SSSR count). The Morgan fingerprint density at radius 2 is 1.91 bits per heavy atom. The second-order valence-electron chi connectivity index (χ2n) is 6.45. The van der Waals surface area contributed by atoms with Gasteiger partial charge in [0.1, 0.15) is 0 Å². The number of rotatable bonds is 4. The molecule has 0 spiro atoms. The van der Waals surface area contributed by atoms with E-state index < -0.39 is 11.6 Å². The maximum atomic E-state index is 12.5. The first-order chi connectivity index (χ1) is 10.7. The van der Waals surface area contributed by atoms with Crippen molar-refractivity contribution in [1.29, 1.82) is 0 Å². The summed E-state index contributed by atoms with van der Waals surface area (Å²) >= 11 is 0. The number of carbonyl (C=O) groups is 2. The zero-order chi connectivity index (χ0) is 17.0. The molecule has 4 N–H and O–H groups in total. The predicted molar refractivity (Wildman–Crippen MR) is 88.3 cm³/mol. The zero-order valence-electron chi connectivity index (χ0n) is 13.6. The minimum atomic E-state index is -0.735. The number of hydrogen-bond donors (Lipinski definition) is 3. The lowest BCUT2D eigenvalue weighted by Crippen LogP contribution is -2.52. The van der Waals surface area contributed by atoms with Gasteiger partial charge in [-0.15, -0.1) is 0 Å². The molecule has 1 aliphatic heterocycles. The molecule has 7 nitrogen and oxygen atoms in total. The van der Waals surface area contributed by atoms with Gasteiger partial charge in [-0.05, 0) is 32.0 Å². The van der Waals surface area contributed by atoms with Crippen molar-refractivity contribution in [1.82, 2.24) is 9.80 Å². The van der Waals surface area contributed by atoms with Crippen molar-refractivity contribution in [3.63, 3.8) is 0 Å². The van der Waals surface area contributed by atoms with Crippen molar-refractivity contribution in [3.05, 3.63) is 29.8 Å². The zero-order valence-corrected chi connectivity index (χ0v) is 13.6. The van der Waals surface area contributed by atoms with Gasteiger partial charge < -0.3 is 21.1 Å². The summed E-state index contributed by atoms with van der Waals surface area (Å²) < 4.78 is 0. The Balaban J connectivity index is 1.96. The number of anilines is 1. The van der Waals surface area contributed by atoms with Gasteiger partial charge in [0.15, 0.2) is 0 Å². The Morgan fingerprint density at radius 3 is 2.48 bits per heavy atom. The monoisotopic (exact) mass is 320 g/mol. The molecule has 0 aromatic heterocycles. The van der Waals surface area contributed by atoms with Crippen LogP contribution < -0.4 is 11.1 Å². The molecule has 1 fully saturated rings. The van der Waals surface area contributed by atoms with Gasteiger partial charge >= 0.3 is 6.03 Å². The van der Waals surface area contributed by atoms with E-state index in [9.17, 15) is 14.7 Å². The second-order valence-corrected chi connectivity index (χ2v) is 6.45.